The predicted octanol–water partition coefficient (Wildman–Crippen LogP) is 2.03. The van der Waals surface area contributed by atoms with Gasteiger partial charge in [0.1, 0.15) is 5.60 Å². The smallest absolute Gasteiger partial charge is 0.109 e. The van der Waals surface area contributed by atoms with E-state index in [4.69, 9.17) is 0 Å². The van der Waals surface area contributed by atoms with Gasteiger partial charge in [-0.3, -0.25) is 0 Å². The molecule has 0 aliphatic heterocycles. The van der Waals surface area contributed by atoms with Crippen molar-refractivity contribution < 1.29 is 10.2 Å². The largest absolute Gasteiger partial charge is 0.389 e. The molecule has 2 nitrogen and oxygen atoms in total. The van der Waals surface area contributed by atoms with Crippen molar-refractivity contribution >= 4 is 0 Å². The summed E-state index contributed by atoms with van der Waals surface area (Å²) in [6.45, 7) is 11.3. The predicted molar refractivity (Wildman–Crippen MR) is 57.9 cm³/mol. The molecule has 1 aliphatic carbocycles. The molecule has 0 amide bonds. The van der Waals surface area contributed by atoms with Crippen LogP contribution in [0.15, 0.2) is 23.8 Å². The van der Waals surface area contributed by atoms with Crippen molar-refractivity contribution in [3.05, 3.63) is 23.8 Å². The molecule has 1 rings (SSSR count). The molecule has 1 unspecified atom stereocenters. The molecule has 80 valence electrons. The standard InChI is InChI=1S/C12H20O2/c1-6-12(14)9(3)8(2)10(13)7-11(12,4)5/h6,10,13-14H,1,7H2,2-5H3/t10?,12-/m1/s1. The number of aliphatic hydroxyl groups excluding tert-OH is 1. The second-order valence-electron chi connectivity index (χ2n) is 4.88. The Kier molecular flexibility index (Phi) is 2.63. The van der Waals surface area contributed by atoms with Crippen LogP contribution in [0.1, 0.15) is 34.1 Å². The summed E-state index contributed by atoms with van der Waals surface area (Å²) in [5, 5.41) is 20.3. The maximum atomic E-state index is 10.5. The topological polar surface area (TPSA) is 40.5 Å². The van der Waals surface area contributed by atoms with Crippen LogP contribution in [0.2, 0.25) is 0 Å². The van der Waals surface area contributed by atoms with E-state index in [1.807, 2.05) is 27.7 Å². The van der Waals surface area contributed by atoms with E-state index in [1.165, 1.54) is 0 Å². The Bertz CT molecular complexity index is 289. The summed E-state index contributed by atoms with van der Waals surface area (Å²) < 4.78 is 0. The van der Waals surface area contributed by atoms with Gasteiger partial charge in [0, 0.05) is 5.41 Å². The van der Waals surface area contributed by atoms with Gasteiger partial charge in [-0.1, -0.05) is 26.5 Å². The van der Waals surface area contributed by atoms with Crippen LogP contribution < -0.4 is 0 Å². The molecule has 1 aliphatic rings. The van der Waals surface area contributed by atoms with Crippen LogP contribution in [-0.4, -0.2) is 21.9 Å². The van der Waals surface area contributed by atoms with Crippen LogP contribution in [0.4, 0.5) is 0 Å². The lowest BCUT2D eigenvalue weighted by molar-refractivity contribution is -0.0332. The third-order valence-electron chi connectivity index (χ3n) is 3.69. The Morgan fingerprint density at radius 1 is 1.43 bits per heavy atom. The number of rotatable bonds is 1. The maximum absolute atomic E-state index is 10.5. The average Bonchev–Trinajstić information content (AvgIpc) is 2.11. The van der Waals surface area contributed by atoms with E-state index >= 15 is 0 Å². The summed E-state index contributed by atoms with van der Waals surface area (Å²) in [5.41, 5.74) is 0.344. The molecule has 0 radical (unpaired) electrons. The van der Waals surface area contributed by atoms with E-state index in [2.05, 4.69) is 6.58 Å². The van der Waals surface area contributed by atoms with Gasteiger partial charge in [0.05, 0.1) is 6.10 Å². The molecule has 0 saturated carbocycles. The number of hydrogen-bond acceptors (Lipinski definition) is 2. The first-order chi connectivity index (χ1) is 6.26. The number of aliphatic hydroxyl groups is 2. The third kappa shape index (κ3) is 1.33. The van der Waals surface area contributed by atoms with Crippen molar-refractivity contribution in [3.8, 4) is 0 Å². The second kappa shape index (κ2) is 3.21. The van der Waals surface area contributed by atoms with Crippen LogP contribution in [0.25, 0.3) is 0 Å². The van der Waals surface area contributed by atoms with E-state index in [9.17, 15) is 10.2 Å². The van der Waals surface area contributed by atoms with Gasteiger partial charge in [0.25, 0.3) is 0 Å². The zero-order valence-corrected chi connectivity index (χ0v) is 9.46. The van der Waals surface area contributed by atoms with Crippen molar-refractivity contribution in [2.24, 2.45) is 5.41 Å². The van der Waals surface area contributed by atoms with Gasteiger partial charge in [-0.2, -0.15) is 0 Å². The minimum atomic E-state index is -0.990. The molecule has 0 aromatic heterocycles. The molecule has 0 heterocycles. The van der Waals surface area contributed by atoms with Gasteiger partial charge < -0.3 is 10.2 Å². The molecule has 14 heavy (non-hydrogen) atoms. The minimum absolute atomic E-state index is 0.363. The first-order valence-electron chi connectivity index (χ1n) is 4.98. The fraction of sp³-hybridized carbons (Fsp3) is 0.667. The molecule has 0 aromatic carbocycles. The second-order valence-corrected chi connectivity index (χ2v) is 4.88. The molecule has 0 bridgehead atoms. The van der Waals surface area contributed by atoms with Gasteiger partial charge in [-0.25, -0.2) is 0 Å². The first kappa shape index (κ1) is 11.5. The SMILES string of the molecule is C=C[C@@]1(O)C(C)=C(C)C(O)CC1(C)C. The lowest BCUT2D eigenvalue weighted by Crippen LogP contribution is -2.50. The molecule has 0 saturated heterocycles. The van der Waals surface area contributed by atoms with E-state index in [1.54, 1.807) is 6.08 Å². The van der Waals surface area contributed by atoms with Crippen LogP contribution in [-0.2, 0) is 0 Å². The summed E-state index contributed by atoms with van der Waals surface area (Å²) in [7, 11) is 0. The third-order valence-corrected chi connectivity index (χ3v) is 3.69. The minimum Gasteiger partial charge on any atom is -0.389 e. The highest BCUT2D eigenvalue weighted by molar-refractivity contribution is 5.35. The Morgan fingerprint density at radius 2 is 1.93 bits per heavy atom. The fourth-order valence-corrected chi connectivity index (χ4v) is 2.28. The maximum Gasteiger partial charge on any atom is 0.109 e. The lowest BCUT2D eigenvalue weighted by atomic mass is 9.62. The van der Waals surface area contributed by atoms with Crippen LogP contribution in [0.3, 0.4) is 0 Å². The molecule has 0 aromatic rings. The van der Waals surface area contributed by atoms with Crippen LogP contribution >= 0.6 is 0 Å². The van der Waals surface area contributed by atoms with E-state index in [0.29, 0.717) is 6.42 Å². The van der Waals surface area contributed by atoms with Crippen molar-refractivity contribution in [2.45, 2.75) is 45.8 Å². The van der Waals surface area contributed by atoms with Gasteiger partial charge in [0.2, 0.25) is 0 Å². The summed E-state index contributed by atoms with van der Waals surface area (Å²) in [4.78, 5) is 0. The Labute approximate surface area is 86.0 Å². The molecular formula is C12H20O2. The Morgan fingerprint density at radius 3 is 2.36 bits per heavy atom. The lowest BCUT2D eigenvalue weighted by Gasteiger charge is -2.47. The van der Waals surface area contributed by atoms with Crippen LogP contribution in [0, 0.1) is 5.41 Å². The molecule has 2 N–H and O–H groups in total. The molecule has 2 heteroatoms. The summed E-state index contributed by atoms with van der Waals surface area (Å²) in [6.07, 6.45) is 1.71. The quantitative estimate of drug-likeness (QED) is 0.630. The molecule has 2 atom stereocenters. The van der Waals surface area contributed by atoms with Gasteiger partial charge in [-0.05, 0) is 31.4 Å². The monoisotopic (exact) mass is 196 g/mol. The van der Waals surface area contributed by atoms with E-state index < -0.39 is 11.7 Å². The Hall–Kier alpha value is -0.600. The van der Waals surface area contributed by atoms with Gasteiger partial charge >= 0.3 is 0 Å². The van der Waals surface area contributed by atoms with Crippen LogP contribution in [0.5, 0.6) is 0 Å². The molecule has 0 fully saturated rings. The van der Waals surface area contributed by atoms with Crippen molar-refractivity contribution in [1.29, 1.82) is 0 Å². The van der Waals surface area contributed by atoms with Crippen molar-refractivity contribution in [1.82, 2.24) is 0 Å². The Balaban J connectivity index is 3.32. The number of hydrogen-bond donors (Lipinski definition) is 2. The molecular weight excluding hydrogens is 176 g/mol. The summed E-state index contributed by atoms with van der Waals surface area (Å²) >= 11 is 0. The zero-order chi connectivity index (χ0) is 11.1. The summed E-state index contributed by atoms with van der Waals surface area (Å²) in [5.74, 6) is 0. The normalized spacial score (nSPS) is 37.1. The zero-order valence-electron chi connectivity index (χ0n) is 9.46. The highest BCUT2D eigenvalue weighted by Crippen LogP contribution is 2.47. The van der Waals surface area contributed by atoms with E-state index in [0.717, 1.165) is 11.1 Å². The van der Waals surface area contributed by atoms with E-state index in [-0.39, 0.29) is 5.41 Å². The average molecular weight is 196 g/mol. The highest BCUT2D eigenvalue weighted by Gasteiger charge is 2.47. The van der Waals surface area contributed by atoms with Crippen molar-refractivity contribution in [2.75, 3.05) is 0 Å². The first-order valence-corrected chi connectivity index (χ1v) is 4.98. The molecule has 0 spiro atoms. The highest BCUT2D eigenvalue weighted by atomic mass is 16.3. The van der Waals surface area contributed by atoms with Gasteiger partial charge in [-0.15, -0.1) is 0 Å². The summed E-state index contributed by atoms with van der Waals surface area (Å²) in [6, 6.07) is 0. The van der Waals surface area contributed by atoms with Gasteiger partial charge in [0.15, 0.2) is 0 Å². The fourth-order valence-electron chi connectivity index (χ4n) is 2.28. The van der Waals surface area contributed by atoms with Crippen molar-refractivity contribution in [3.63, 3.8) is 0 Å².